The number of rotatable bonds is 4. The molecule has 1 rings (SSSR count). The molecule has 1 fully saturated rings. The third-order valence-corrected chi connectivity index (χ3v) is 4.69. The van der Waals surface area contributed by atoms with E-state index in [2.05, 4.69) is 44.4 Å². The van der Waals surface area contributed by atoms with E-state index in [1.54, 1.807) is 0 Å². The SMILES string of the molecule is CCC(C)C(CN)N1CC(C)SC(C)C1. The average Bonchev–Trinajstić information content (AvgIpc) is 2.17. The minimum absolute atomic E-state index is 0.584. The summed E-state index contributed by atoms with van der Waals surface area (Å²) in [5, 5.41) is 1.51. The summed E-state index contributed by atoms with van der Waals surface area (Å²) in [5.41, 5.74) is 5.92. The first kappa shape index (κ1) is 13.3. The van der Waals surface area contributed by atoms with Crippen molar-refractivity contribution >= 4 is 11.8 Å². The number of thioether (sulfide) groups is 1. The fourth-order valence-electron chi connectivity index (χ4n) is 2.50. The Morgan fingerprint density at radius 3 is 2.27 bits per heavy atom. The van der Waals surface area contributed by atoms with Crippen LogP contribution in [0.3, 0.4) is 0 Å². The predicted molar refractivity (Wildman–Crippen MR) is 70.4 cm³/mol. The van der Waals surface area contributed by atoms with Gasteiger partial charge in [-0.3, -0.25) is 4.90 Å². The molecule has 0 aromatic heterocycles. The van der Waals surface area contributed by atoms with Crippen molar-refractivity contribution in [3.8, 4) is 0 Å². The standard InChI is InChI=1S/C12H26N2S/c1-5-9(2)12(6-13)14-7-10(3)15-11(4)8-14/h9-12H,5-8,13H2,1-4H3. The topological polar surface area (TPSA) is 29.3 Å². The molecular weight excluding hydrogens is 204 g/mol. The van der Waals surface area contributed by atoms with E-state index >= 15 is 0 Å². The highest BCUT2D eigenvalue weighted by Crippen LogP contribution is 2.27. The van der Waals surface area contributed by atoms with E-state index in [4.69, 9.17) is 5.73 Å². The molecular formula is C12H26N2S. The molecule has 90 valence electrons. The van der Waals surface area contributed by atoms with Gasteiger partial charge >= 0.3 is 0 Å². The monoisotopic (exact) mass is 230 g/mol. The quantitative estimate of drug-likeness (QED) is 0.803. The summed E-state index contributed by atoms with van der Waals surface area (Å²) in [4.78, 5) is 2.61. The molecule has 4 unspecified atom stereocenters. The lowest BCUT2D eigenvalue weighted by Crippen LogP contribution is -2.51. The second-order valence-electron chi connectivity index (χ2n) is 4.90. The number of hydrogen-bond acceptors (Lipinski definition) is 3. The molecule has 1 aliphatic rings. The summed E-state index contributed by atoms with van der Waals surface area (Å²) in [7, 11) is 0. The van der Waals surface area contributed by atoms with Crippen molar-refractivity contribution in [1.29, 1.82) is 0 Å². The second-order valence-corrected chi connectivity index (χ2v) is 6.78. The zero-order valence-corrected chi connectivity index (χ0v) is 11.4. The molecule has 0 saturated carbocycles. The van der Waals surface area contributed by atoms with Crippen LogP contribution in [0.5, 0.6) is 0 Å². The van der Waals surface area contributed by atoms with Crippen molar-refractivity contribution in [2.24, 2.45) is 11.7 Å². The van der Waals surface area contributed by atoms with Gasteiger partial charge in [-0.2, -0.15) is 11.8 Å². The van der Waals surface area contributed by atoms with E-state index in [-0.39, 0.29) is 0 Å². The summed E-state index contributed by atoms with van der Waals surface area (Å²) in [5.74, 6) is 0.720. The fraction of sp³-hybridized carbons (Fsp3) is 1.00. The number of hydrogen-bond donors (Lipinski definition) is 1. The van der Waals surface area contributed by atoms with Gasteiger partial charge in [-0.05, 0) is 5.92 Å². The van der Waals surface area contributed by atoms with E-state index in [1.165, 1.54) is 19.5 Å². The third-order valence-electron chi connectivity index (χ3n) is 3.46. The lowest BCUT2D eigenvalue weighted by Gasteiger charge is -2.41. The van der Waals surface area contributed by atoms with Crippen LogP contribution in [0.2, 0.25) is 0 Å². The van der Waals surface area contributed by atoms with Crippen LogP contribution in [0.25, 0.3) is 0 Å². The van der Waals surface area contributed by atoms with Crippen LogP contribution in [-0.2, 0) is 0 Å². The Morgan fingerprint density at radius 2 is 1.87 bits per heavy atom. The largest absolute Gasteiger partial charge is 0.329 e. The maximum absolute atomic E-state index is 5.92. The maximum atomic E-state index is 5.92. The Labute approximate surface area is 99.0 Å². The third kappa shape index (κ3) is 3.65. The smallest absolute Gasteiger partial charge is 0.0244 e. The molecule has 0 bridgehead atoms. The van der Waals surface area contributed by atoms with Gasteiger partial charge in [0.1, 0.15) is 0 Å². The molecule has 2 nitrogen and oxygen atoms in total. The van der Waals surface area contributed by atoms with Crippen molar-refractivity contribution in [2.75, 3.05) is 19.6 Å². The molecule has 0 radical (unpaired) electrons. The summed E-state index contributed by atoms with van der Waals surface area (Å²) in [6, 6.07) is 0.584. The van der Waals surface area contributed by atoms with Crippen LogP contribution in [-0.4, -0.2) is 41.1 Å². The minimum Gasteiger partial charge on any atom is -0.329 e. The summed E-state index contributed by atoms with van der Waals surface area (Å²) in [6.07, 6.45) is 1.23. The Hall–Kier alpha value is 0.270. The molecule has 0 amide bonds. The maximum Gasteiger partial charge on any atom is 0.0244 e. The molecule has 15 heavy (non-hydrogen) atoms. The minimum atomic E-state index is 0.584. The van der Waals surface area contributed by atoms with Crippen LogP contribution in [0.15, 0.2) is 0 Å². The van der Waals surface area contributed by atoms with Crippen molar-refractivity contribution in [2.45, 2.75) is 50.7 Å². The van der Waals surface area contributed by atoms with Crippen molar-refractivity contribution in [3.05, 3.63) is 0 Å². The number of nitrogens with two attached hydrogens (primary N) is 1. The average molecular weight is 230 g/mol. The first-order chi connectivity index (χ1) is 7.08. The highest BCUT2D eigenvalue weighted by Gasteiger charge is 2.29. The Kier molecular flexibility index (Phi) is 5.44. The first-order valence-electron chi connectivity index (χ1n) is 6.18. The Morgan fingerprint density at radius 1 is 1.33 bits per heavy atom. The fourth-order valence-corrected chi connectivity index (χ4v) is 3.85. The molecule has 1 aliphatic heterocycles. The Bertz CT molecular complexity index is 176. The van der Waals surface area contributed by atoms with E-state index in [9.17, 15) is 0 Å². The normalized spacial score (nSPS) is 32.6. The van der Waals surface area contributed by atoms with Gasteiger partial charge in [-0.25, -0.2) is 0 Å². The molecule has 3 heteroatoms. The molecule has 1 heterocycles. The molecule has 0 aliphatic carbocycles. The van der Waals surface area contributed by atoms with E-state index in [0.717, 1.165) is 23.0 Å². The summed E-state index contributed by atoms with van der Waals surface area (Å²) in [6.45, 7) is 12.5. The lowest BCUT2D eigenvalue weighted by molar-refractivity contribution is 0.148. The van der Waals surface area contributed by atoms with Crippen molar-refractivity contribution < 1.29 is 0 Å². The van der Waals surface area contributed by atoms with Gasteiger partial charge in [0.2, 0.25) is 0 Å². The Balaban J connectivity index is 2.58. The van der Waals surface area contributed by atoms with Gasteiger partial charge in [0.15, 0.2) is 0 Å². The van der Waals surface area contributed by atoms with E-state index in [1.807, 2.05) is 0 Å². The highest BCUT2D eigenvalue weighted by atomic mass is 32.2. The van der Waals surface area contributed by atoms with Gasteiger partial charge < -0.3 is 5.73 Å². The highest BCUT2D eigenvalue weighted by molar-refractivity contribution is 8.00. The van der Waals surface area contributed by atoms with Crippen LogP contribution in [0.1, 0.15) is 34.1 Å². The van der Waals surface area contributed by atoms with Crippen LogP contribution >= 0.6 is 11.8 Å². The van der Waals surface area contributed by atoms with E-state index in [0.29, 0.717) is 6.04 Å². The van der Waals surface area contributed by atoms with Gasteiger partial charge in [-0.15, -0.1) is 0 Å². The predicted octanol–water partition coefficient (Wildman–Crippen LogP) is 2.19. The van der Waals surface area contributed by atoms with Gasteiger partial charge in [0.05, 0.1) is 0 Å². The summed E-state index contributed by atoms with van der Waals surface area (Å²) >= 11 is 2.11. The van der Waals surface area contributed by atoms with Crippen LogP contribution in [0, 0.1) is 5.92 Å². The molecule has 0 aromatic carbocycles. The van der Waals surface area contributed by atoms with Crippen molar-refractivity contribution in [1.82, 2.24) is 4.90 Å². The zero-order chi connectivity index (χ0) is 11.4. The van der Waals surface area contributed by atoms with Gasteiger partial charge in [0, 0.05) is 36.2 Å². The number of nitrogens with zero attached hydrogens (tertiary/aromatic N) is 1. The van der Waals surface area contributed by atoms with Gasteiger partial charge in [0.25, 0.3) is 0 Å². The molecule has 1 saturated heterocycles. The lowest BCUT2D eigenvalue weighted by atomic mass is 9.97. The first-order valence-corrected chi connectivity index (χ1v) is 7.12. The summed E-state index contributed by atoms with van der Waals surface area (Å²) < 4.78 is 0. The molecule has 4 atom stereocenters. The van der Waals surface area contributed by atoms with Crippen LogP contribution in [0.4, 0.5) is 0 Å². The van der Waals surface area contributed by atoms with Crippen molar-refractivity contribution in [3.63, 3.8) is 0 Å². The van der Waals surface area contributed by atoms with Crippen LogP contribution < -0.4 is 5.73 Å². The molecule has 0 aromatic rings. The van der Waals surface area contributed by atoms with Gasteiger partial charge in [-0.1, -0.05) is 34.1 Å². The molecule has 0 spiro atoms. The second kappa shape index (κ2) is 6.12. The zero-order valence-electron chi connectivity index (χ0n) is 10.6. The van der Waals surface area contributed by atoms with E-state index < -0.39 is 0 Å². The molecule has 2 N–H and O–H groups in total.